The van der Waals surface area contributed by atoms with Crippen molar-refractivity contribution >= 4 is 23.1 Å². The Bertz CT molecular complexity index is 406. The normalized spacial score (nSPS) is 20.9. The van der Waals surface area contributed by atoms with Gasteiger partial charge >= 0.3 is 0 Å². The van der Waals surface area contributed by atoms with Crippen LogP contribution in [0.1, 0.15) is 32.3 Å². The molecule has 2 aliphatic heterocycles. The Hall–Kier alpha value is -0.960. The first-order valence-electron chi connectivity index (χ1n) is 6.42. The minimum atomic E-state index is 0.553. The molecule has 2 aliphatic rings. The average molecular weight is 254 g/mol. The molecule has 17 heavy (non-hydrogen) atoms. The molecule has 0 saturated carbocycles. The highest BCUT2D eigenvalue weighted by atomic mass is 35.5. The van der Waals surface area contributed by atoms with Crippen LogP contribution in [0, 0.1) is 6.92 Å². The van der Waals surface area contributed by atoms with Crippen molar-refractivity contribution in [3.63, 3.8) is 0 Å². The number of pyridine rings is 1. The summed E-state index contributed by atoms with van der Waals surface area (Å²) in [6, 6.07) is 2.69. The van der Waals surface area contributed by atoms with E-state index in [-0.39, 0.29) is 0 Å². The SMILES string of the molecule is CC.Cc1cc2c(nc1Cl)NC1CCCN2C1. The molecule has 1 aromatic rings. The van der Waals surface area contributed by atoms with Crippen molar-refractivity contribution in [2.24, 2.45) is 0 Å². The van der Waals surface area contributed by atoms with Crippen molar-refractivity contribution in [1.29, 1.82) is 0 Å². The van der Waals surface area contributed by atoms with Crippen molar-refractivity contribution in [2.45, 2.75) is 39.7 Å². The summed E-state index contributed by atoms with van der Waals surface area (Å²) < 4.78 is 0. The van der Waals surface area contributed by atoms with Crippen LogP contribution in [0.4, 0.5) is 11.5 Å². The van der Waals surface area contributed by atoms with E-state index in [4.69, 9.17) is 11.6 Å². The second-order valence-corrected chi connectivity index (χ2v) is 4.75. The number of piperidine rings is 1. The summed E-state index contributed by atoms with van der Waals surface area (Å²) in [7, 11) is 0. The molecule has 1 saturated heterocycles. The molecule has 1 N–H and O–H groups in total. The topological polar surface area (TPSA) is 28.2 Å². The van der Waals surface area contributed by atoms with Crippen LogP contribution < -0.4 is 10.2 Å². The van der Waals surface area contributed by atoms with Crippen LogP contribution in [-0.2, 0) is 0 Å². The van der Waals surface area contributed by atoms with Gasteiger partial charge in [0, 0.05) is 19.1 Å². The summed E-state index contributed by atoms with van der Waals surface area (Å²) >= 11 is 6.03. The Kier molecular flexibility index (Phi) is 3.77. The Labute approximate surface area is 108 Å². The van der Waals surface area contributed by atoms with Gasteiger partial charge in [0.2, 0.25) is 0 Å². The molecule has 1 aromatic heterocycles. The quantitative estimate of drug-likeness (QED) is 0.718. The van der Waals surface area contributed by atoms with Crippen LogP contribution in [0.3, 0.4) is 0 Å². The summed E-state index contributed by atoms with van der Waals surface area (Å²) in [5.74, 6) is 0.960. The predicted octanol–water partition coefficient (Wildman–Crippen LogP) is 3.46. The molecular formula is C13H20ClN3. The van der Waals surface area contributed by atoms with Gasteiger partial charge in [-0.3, -0.25) is 0 Å². The number of nitrogens with one attached hydrogen (secondary N) is 1. The van der Waals surface area contributed by atoms with Crippen LogP contribution in [0.15, 0.2) is 6.07 Å². The van der Waals surface area contributed by atoms with Gasteiger partial charge in [0.25, 0.3) is 0 Å². The predicted molar refractivity (Wildman–Crippen MR) is 74.2 cm³/mol. The van der Waals surface area contributed by atoms with Crippen LogP contribution >= 0.6 is 11.6 Å². The minimum absolute atomic E-state index is 0.553. The fourth-order valence-electron chi connectivity index (χ4n) is 2.43. The smallest absolute Gasteiger partial charge is 0.151 e. The Morgan fingerprint density at radius 3 is 3.00 bits per heavy atom. The van der Waals surface area contributed by atoms with E-state index in [9.17, 15) is 0 Å². The number of hydrogen-bond donors (Lipinski definition) is 1. The molecule has 1 unspecified atom stereocenters. The van der Waals surface area contributed by atoms with E-state index in [1.165, 1.54) is 18.5 Å². The summed E-state index contributed by atoms with van der Waals surface area (Å²) in [6.45, 7) is 8.26. The molecular weight excluding hydrogens is 234 g/mol. The molecule has 0 aromatic carbocycles. The third-order valence-electron chi connectivity index (χ3n) is 3.23. The number of aryl methyl sites for hydroxylation is 1. The lowest BCUT2D eigenvalue weighted by Gasteiger charge is -2.40. The standard InChI is InChI=1S/C11H14ClN3.C2H6/c1-7-5-9-11(14-10(7)12)13-8-3-2-4-15(9)6-8;1-2/h5,8H,2-4,6H2,1H3,(H,13,14);1-2H3. The molecule has 0 amide bonds. The molecule has 0 radical (unpaired) electrons. The highest BCUT2D eigenvalue weighted by molar-refractivity contribution is 6.30. The van der Waals surface area contributed by atoms with E-state index < -0.39 is 0 Å². The molecule has 3 nitrogen and oxygen atoms in total. The molecule has 1 fully saturated rings. The van der Waals surface area contributed by atoms with E-state index in [1.54, 1.807) is 0 Å². The summed E-state index contributed by atoms with van der Waals surface area (Å²) in [4.78, 5) is 6.82. The molecule has 4 heteroatoms. The molecule has 3 rings (SSSR count). The van der Waals surface area contributed by atoms with E-state index in [1.807, 2.05) is 20.8 Å². The minimum Gasteiger partial charge on any atom is -0.366 e. The maximum absolute atomic E-state index is 6.03. The van der Waals surface area contributed by atoms with Crippen molar-refractivity contribution in [1.82, 2.24) is 4.98 Å². The van der Waals surface area contributed by atoms with Gasteiger partial charge in [-0.15, -0.1) is 0 Å². The number of rotatable bonds is 0. The first kappa shape index (κ1) is 12.5. The van der Waals surface area contributed by atoms with Gasteiger partial charge in [0.05, 0.1) is 5.69 Å². The molecule has 3 heterocycles. The number of hydrogen-bond acceptors (Lipinski definition) is 3. The molecule has 0 spiro atoms. The number of aromatic nitrogens is 1. The van der Waals surface area contributed by atoms with Gasteiger partial charge in [-0.2, -0.15) is 0 Å². The van der Waals surface area contributed by atoms with Crippen molar-refractivity contribution in [3.8, 4) is 0 Å². The van der Waals surface area contributed by atoms with E-state index in [2.05, 4.69) is 21.3 Å². The lowest BCUT2D eigenvalue weighted by atomic mass is 10.0. The lowest BCUT2D eigenvalue weighted by molar-refractivity contribution is 0.515. The first-order valence-corrected chi connectivity index (χ1v) is 6.80. The van der Waals surface area contributed by atoms with Gasteiger partial charge < -0.3 is 10.2 Å². The lowest BCUT2D eigenvalue weighted by Crippen LogP contribution is -2.46. The maximum Gasteiger partial charge on any atom is 0.151 e. The number of nitrogens with zero attached hydrogens (tertiary/aromatic N) is 2. The van der Waals surface area contributed by atoms with Gasteiger partial charge in [0.15, 0.2) is 5.82 Å². The summed E-state index contributed by atoms with van der Waals surface area (Å²) in [5.41, 5.74) is 2.27. The number of anilines is 2. The zero-order valence-corrected chi connectivity index (χ0v) is 11.5. The van der Waals surface area contributed by atoms with E-state index >= 15 is 0 Å². The Balaban J connectivity index is 0.000000514. The van der Waals surface area contributed by atoms with Gasteiger partial charge in [-0.1, -0.05) is 25.4 Å². The van der Waals surface area contributed by atoms with Crippen molar-refractivity contribution in [3.05, 3.63) is 16.8 Å². The van der Waals surface area contributed by atoms with Crippen molar-refractivity contribution < 1.29 is 0 Å². The highest BCUT2D eigenvalue weighted by Gasteiger charge is 2.28. The van der Waals surface area contributed by atoms with Crippen LogP contribution in [0.2, 0.25) is 5.15 Å². The second-order valence-electron chi connectivity index (χ2n) is 4.39. The number of halogens is 1. The monoisotopic (exact) mass is 253 g/mol. The van der Waals surface area contributed by atoms with E-state index in [0.29, 0.717) is 11.2 Å². The molecule has 0 aliphatic carbocycles. The summed E-state index contributed by atoms with van der Waals surface area (Å²) in [6.07, 6.45) is 2.50. The Morgan fingerprint density at radius 2 is 2.24 bits per heavy atom. The summed E-state index contributed by atoms with van der Waals surface area (Å²) in [5, 5.41) is 4.07. The average Bonchev–Trinajstić information content (AvgIpc) is 2.35. The second kappa shape index (κ2) is 5.13. The fourth-order valence-corrected chi connectivity index (χ4v) is 2.57. The fraction of sp³-hybridized carbons (Fsp3) is 0.615. The van der Waals surface area contributed by atoms with Crippen molar-refractivity contribution in [2.75, 3.05) is 23.3 Å². The molecule has 94 valence electrons. The zero-order valence-electron chi connectivity index (χ0n) is 10.8. The van der Waals surface area contributed by atoms with E-state index in [0.717, 1.165) is 24.5 Å². The van der Waals surface area contributed by atoms with Gasteiger partial charge in [-0.25, -0.2) is 4.98 Å². The maximum atomic E-state index is 6.03. The van der Waals surface area contributed by atoms with Crippen LogP contribution in [0.25, 0.3) is 0 Å². The molecule has 1 atom stereocenters. The van der Waals surface area contributed by atoms with Gasteiger partial charge in [-0.05, 0) is 31.4 Å². The van der Waals surface area contributed by atoms with Gasteiger partial charge in [0.1, 0.15) is 5.15 Å². The van der Waals surface area contributed by atoms with Crippen LogP contribution in [-0.4, -0.2) is 24.1 Å². The highest BCUT2D eigenvalue weighted by Crippen LogP contribution is 2.35. The molecule has 2 bridgehead atoms. The first-order chi connectivity index (χ1) is 8.24. The third kappa shape index (κ3) is 2.34. The number of fused-ring (bicyclic) bond motifs is 4. The third-order valence-corrected chi connectivity index (χ3v) is 3.62. The Morgan fingerprint density at radius 1 is 1.47 bits per heavy atom. The largest absolute Gasteiger partial charge is 0.366 e. The van der Waals surface area contributed by atoms with Crippen LogP contribution in [0.5, 0.6) is 0 Å². The zero-order chi connectivity index (χ0) is 12.4.